The molecule has 1 heterocycles. The minimum absolute atomic E-state index is 0.00231. The van der Waals surface area contributed by atoms with E-state index in [0.717, 1.165) is 19.4 Å². The Kier molecular flexibility index (Phi) is 2.24. The van der Waals surface area contributed by atoms with Gasteiger partial charge in [0, 0.05) is 0 Å². The van der Waals surface area contributed by atoms with E-state index in [-0.39, 0.29) is 12.0 Å². The highest BCUT2D eigenvalue weighted by Gasteiger charge is 2.21. The molecule has 9 heavy (non-hydrogen) atoms. The number of rotatable bonds is 1. The van der Waals surface area contributed by atoms with E-state index in [4.69, 9.17) is 0 Å². The maximum absolute atomic E-state index is 10.8. The van der Waals surface area contributed by atoms with Crippen LogP contribution in [0.2, 0.25) is 0 Å². The largest absolute Gasteiger partial charge is 0.528 e. The third kappa shape index (κ3) is 1.52. The second-order valence-corrected chi connectivity index (χ2v) is 2.58. The number of carbonyl (C=O) groups excluding carboxylic acids is 1. The second-order valence-electron chi connectivity index (χ2n) is 2.17. The Morgan fingerprint density at radius 2 is 2.56 bits per heavy atom. The van der Waals surface area contributed by atoms with Gasteiger partial charge in [0.15, 0.2) is 0 Å². The summed E-state index contributed by atoms with van der Waals surface area (Å²) in [6.07, 6.45) is 2.04. The quantitative estimate of drug-likeness (QED) is 0.459. The summed E-state index contributed by atoms with van der Waals surface area (Å²) in [5.41, 5.74) is 0. The predicted molar refractivity (Wildman–Crippen MR) is 37.1 cm³/mol. The van der Waals surface area contributed by atoms with Crippen molar-refractivity contribution in [2.75, 3.05) is 6.54 Å². The van der Waals surface area contributed by atoms with Crippen molar-refractivity contribution in [1.29, 1.82) is 0 Å². The molecule has 1 saturated heterocycles. The summed E-state index contributed by atoms with van der Waals surface area (Å²) in [6.45, 7) is 0.960. The molecule has 0 aromatic rings. The Labute approximate surface area is 57.3 Å². The van der Waals surface area contributed by atoms with E-state index in [0.29, 0.717) is 10.5 Å². The molecule has 0 saturated carbocycles. The van der Waals surface area contributed by atoms with Crippen LogP contribution in [0, 0.1) is 0 Å². The molecule has 0 aromatic carbocycles. The van der Waals surface area contributed by atoms with Crippen molar-refractivity contribution < 1.29 is 9.22 Å². The summed E-state index contributed by atoms with van der Waals surface area (Å²) >= 11 is 0. The normalized spacial score (nSPS) is 26.4. The van der Waals surface area contributed by atoms with Crippen molar-refractivity contribution in [3.63, 3.8) is 0 Å². The molecule has 0 radical (unpaired) electrons. The van der Waals surface area contributed by atoms with Crippen molar-refractivity contribution in [2.45, 2.75) is 18.9 Å². The van der Waals surface area contributed by atoms with Crippen LogP contribution in [0.3, 0.4) is 0 Å². The molecule has 0 spiro atoms. The maximum atomic E-state index is 10.8. The minimum Gasteiger partial charge on any atom is -0.528 e. The third-order valence-corrected chi connectivity index (χ3v) is 1.95. The van der Waals surface area contributed by atoms with E-state index in [1.165, 1.54) is 0 Å². The fourth-order valence-electron chi connectivity index (χ4n) is 1.03. The molecule has 1 atom stereocenters. The average Bonchev–Trinajstić information content (AvgIpc) is 2.37. The van der Waals surface area contributed by atoms with Crippen molar-refractivity contribution in [2.24, 2.45) is 0 Å². The first-order valence-corrected chi connectivity index (χ1v) is 3.97. The monoisotopic (exact) mass is 145 g/mol. The van der Waals surface area contributed by atoms with Crippen molar-refractivity contribution in [1.82, 2.24) is 5.32 Å². The van der Waals surface area contributed by atoms with Crippen molar-refractivity contribution >= 4 is 16.5 Å². The molecule has 1 aliphatic heterocycles. The average molecular weight is 145 g/mol. The molecule has 1 fully saturated rings. The first kappa shape index (κ1) is 6.76. The van der Waals surface area contributed by atoms with Crippen LogP contribution in [-0.4, -0.2) is 29.0 Å². The van der Waals surface area contributed by atoms with E-state index in [1.807, 2.05) is 0 Å². The van der Waals surface area contributed by atoms with Gasteiger partial charge in [0.1, 0.15) is 6.04 Å². The lowest BCUT2D eigenvalue weighted by Gasteiger charge is -2.05. The molecule has 3 nitrogen and oxygen atoms in total. The van der Waals surface area contributed by atoms with Crippen LogP contribution in [0.1, 0.15) is 12.8 Å². The fourth-order valence-corrected chi connectivity index (χ4v) is 1.31. The van der Waals surface area contributed by atoms with Crippen molar-refractivity contribution in [3.05, 3.63) is 0 Å². The number of hydrogen-bond acceptors (Lipinski definition) is 3. The van der Waals surface area contributed by atoms with E-state index in [1.54, 1.807) is 0 Å². The molecule has 1 rings (SSSR count). The highest BCUT2D eigenvalue weighted by atomic mass is 28.2. The van der Waals surface area contributed by atoms with Gasteiger partial charge < -0.3 is 9.74 Å². The van der Waals surface area contributed by atoms with Crippen LogP contribution in [0.15, 0.2) is 0 Å². The summed E-state index contributed by atoms with van der Waals surface area (Å²) in [5.74, 6) is -0.0702. The van der Waals surface area contributed by atoms with Gasteiger partial charge >= 0.3 is 5.97 Å². The van der Waals surface area contributed by atoms with Crippen LogP contribution in [-0.2, 0) is 9.22 Å². The maximum Gasteiger partial charge on any atom is 0.309 e. The number of nitrogens with one attached hydrogen (secondary N) is 1. The molecule has 0 unspecified atom stereocenters. The summed E-state index contributed by atoms with van der Waals surface area (Å²) in [4.78, 5) is 10.8. The highest BCUT2D eigenvalue weighted by molar-refractivity contribution is 6.06. The molecule has 52 valence electrons. The summed E-state index contributed by atoms with van der Waals surface area (Å²) in [5, 5.41) is 3.05. The van der Waals surface area contributed by atoms with Crippen LogP contribution < -0.4 is 5.32 Å². The van der Waals surface area contributed by atoms with Gasteiger partial charge in [0.25, 0.3) is 0 Å². The van der Waals surface area contributed by atoms with Gasteiger partial charge in [0.05, 0.1) is 0 Å². The predicted octanol–water partition coefficient (Wildman–Crippen LogP) is -1.44. The topological polar surface area (TPSA) is 38.3 Å². The van der Waals surface area contributed by atoms with Gasteiger partial charge in [-0.1, -0.05) is 0 Å². The lowest BCUT2D eigenvalue weighted by atomic mass is 10.2. The molecule has 0 aromatic heterocycles. The lowest BCUT2D eigenvalue weighted by Crippen LogP contribution is -2.31. The Balaban J connectivity index is 2.32. The Bertz CT molecular complexity index is 112. The van der Waals surface area contributed by atoms with Gasteiger partial charge in [-0.2, -0.15) is 0 Å². The Morgan fingerprint density at radius 3 is 3.00 bits per heavy atom. The summed E-state index contributed by atoms with van der Waals surface area (Å²) in [7, 11) is 0.518. The first-order chi connectivity index (χ1) is 4.34. The van der Waals surface area contributed by atoms with Crippen LogP contribution >= 0.6 is 0 Å². The molecular weight excluding hydrogens is 134 g/mol. The smallest absolute Gasteiger partial charge is 0.309 e. The minimum atomic E-state index is -0.0702. The molecule has 0 bridgehead atoms. The lowest BCUT2D eigenvalue weighted by molar-refractivity contribution is -0.135. The van der Waals surface area contributed by atoms with Crippen LogP contribution in [0.4, 0.5) is 0 Å². The molecule has 1 N–H and O–H groups in total. The number of hydrogen-bond donors (Lipinski definition) is 1. The zero-order valence-corrected chi connectivity index (χ0v) is 7.52. The van der Waals surface area contributed by atoms with Crippen molar-refractivity contribution in [3.8, 4) is 0 Å². The van der Waals surface area contributed by atoms with E-state index in [2.05, 4.69) is 9.74 Å². The highest BCUT2D eigenvalue weighted by Crippen LogP contribution is 2.05. The zero-order chi connectivity index (χ0) is 6.69. The van der Waals surface area contributed by atoms with E-state index >= 15 is 0 Å². The van der Waals surface area contributed by atoms with Gasteiger partial charge in [-0.25, -0.2) is 0 Å². The summed E-state index contributed by atoms with van der Waals surface area (Å²) in [6, 6.07) is 0.00231. The molecule has 4 heteroatoms. The van der Waals surface area contributed by atoms with E-state index < -0.39 is 0 Å². The SMILES string of the molecule is O=C(O[SiH3])[C@@H]1CCCN1. The van der Waals surface area contributed by atoms with Gasteiger partial charge in [-0.05, 0) is 19.4 Å². The number of carbonyl (C=O) groups is 1. The molecule has 1 aliphatic rings. The molecular formula is C5H11NO2Si. The third-order valence-electron chi connectivity index (χ3n) is 1.55. The van der Waals surface area contributed by atoms with Gasteiger partial charge in [-0.15, -0.1) is 0 Å². The zero-order valence-electron chi connectivity index (χ0n) is 5.52. The molecule has 0 amide bonds. The van der Waals surface area contributed by atoms with E-state index in [9.17, 15) is 4.79 Å². The van der Waals surface area contributed by atoms with Crippen LogP contribution in [0.25, 0.3) is 0 Å². The fraction of sp³-hybridized carbons (Fsp3) is 0.800. The van der Waals surface area contributed by atoms with Gasteiger partial charge in [0.2, 0.25) is 10.5 Å². The standard InChI is InChI=1S/C5H11NO2Si/c7-5(8-9)4-2-1-3-6-4/h4,6H,1-3H2,9H3/t4-/m0/s1. The van der Waals surface area contributed by atoms with Gasteiger partial charge in [-0.3, -0.25) is 4.79 Å². The second kappa shape index (κ2) is 2.98. The Hall–Kier alpha value is -0.353. The Morgan fingerprint density at radius 1 is 1.78 bits per heavy atom. The first-order valence-electron chi connectivity index (χ1n) is 3.16. The summed E-state index contributed by atoms with van der Waals surface area (Å²) < 4.78 is 4.67. The van der Waals surface area contributed by atoms with Crippen LogP contribution in [0.5, 0.6) is 0 Å². The molecule has 0 aliphatic carbocycles.